The number of benzene rings is 1. The molecule has 5 nitrogen and oxygen atoms in total. The molecule has 130 valence electrons. The normalized spacial score (nSPS) is 16.3. The molecule has 6 heteroatoms. The molecule has 4 rings (SSSR count). The average molecular weight is 355 g/mol. The minimum atomic E-state index is -0.0141. The van der Waals surface area contributed by atoms with Crippen molar-refractivity contribution >= 4 is 28.2 Å². The second-order valence-corrected chi connectivity index (χ2v) is 7.36. The predicted octanol–water partition coefficient (Wildman–Crippen LogP) is 3.39. The van der Waals surface area contributed by atoms with Gasteiger partial charge < -0.3 is 9.84 Å². The summed E-state index contributed by atoms with van der Waals surface area (Å²) in [5.41, 5.74) is 1.42. The van der Waals surface area contributed by atoms with E-state index in [1.165, 1.54) is 17.7 Å². The Bertz CT molecular complexity index is 837. The molecule has 1 aromatic carbocycles. The Hall–Kier alpha value is -2.18. The van der Waals surface area contributed by atoms with Crippen LogP contribution >= 0.6 is 11.3 Å². The van der Waals surface area contributed by atoms with E-state index in [4.69, 9.17) is 4.52 Å². The molecule has 1 atom stereocenters. The maximum absolute atomic E-state index is 12.4. The number of hydrogen-bond donors (Lipinski definition) is 1. The molecule has 0 bridgehead atoms. The van der Waals surface area contributed by atoms with Gasteiger partial charge in [0, 0.05) is 16.8 Å². The molecule has 1 fully saturated rings. The van der Waals surface area contributed by atoms with Gasteiger partial charge in [-0.05, 0) is 49.5 Å². The molecule has 0 saturated carbocycles. The number of thiophene rings is 1. The fourth-order valence-corrected chi connectivity index (χ4v) is 4.30. The lowest BCUT2D eigenvalue weighted by Crippen LogP contribution is -2.37. The van der Waals surface area contributed by atoms with Crippen molar-refractivity contribution < 1.29 is 9.32 Å². The first kappa shape index (κ1) is 16.3. The zero-order valence-electron chi connectivity index (χ0n) is 14.0. The number of carbonyl (C=O) groups excluding carboxylic acids is 1. The molecule has 0 unspecified atom stereocenters. The molecular weight excluding hydrogens is 334 g/mol. The maximum Gasteiger partial charge on any atom is 0.226 e. The number of para-hydroxylation sites is 1. The SMILES string of the molecule is O=C(Cc1noc2ccccc12)NC[C@@H](c1cccs1)N1CCCC1. The van der Waals surface area contributed by atoms with E-state index in [1.807, 2.05) is 24.3 Å². The van der Waals surface area contributed by atoms with Crippen LogP contribution in [-0.2, 0) is 11.2 Å². The molecule has 1 aliphatic heterocycles. The van der Waals surface area contributed by atoms with Crippen molar-refractivity contribution in [3.8, 4) is 0 Å². The van der Waals surface area contributed by atoms with Crippen molar-refractivity contribution in [2.24, 2.45) is 0 Å². The Kier molecular flexibility index (Phi) is 4.81. The largest absolute Gasteiger partial charge is 0.356 e. The zero-order chi connectivity index (χ0) is 17.1. The quantitative estimate of drug-likeness (QED) is 0.736. The second-order valence-electron chi connectivity index (χ2n) is 6.38. The molecule has 3 aromatic rings. The number of carbonyl (C=O) groups is 1. The zero-order valence-corrected chi connectivity index (χ0v) is 14.8. The monoisotopic (exact) mass is 355 g/mol. The third-order valence-electron chi connectivity index (χ3n) is 4.73. The summed E-state index contributed by atoms with van der Waals surface area (Å²) in [6, 6.07) is 12.1. The van der Waals surface area contributed by atoms with Gasteiger partial charge in [-0.25, -0.2) is 0 Å². The highest BCUT2D eigenvalue weighted by Crippen LogP contribution is 2.28. The van der Waals surface area contributed by atoms with E-state index < -0.39 is 0 Å². The van der Waals surface area contributed by atoms with Crippen LogP contribution in [-0.4, -0.2) is 35.6 Å². The Balaban J connectivity index is 1.41. The van der Waals surface area contributed by atoms with Gasteiger partial charge >= 0.3 is 0 Å². The average Bonchev–Trinajstić information content (AvgIpc) is 3.38. The minimum absolute atomic E-state index is 0.0141. The smallest absolute Gasteiger partial charge is 0.226 e. The van der Waals surface area contributed by atoms with E-state index in [0.717, 1.165) is 24.1 Å². The summed E-state index contributed by atoms with van der Waals surface area (Å²) in [6.45, 7) is 2.84. The van der Waals surface area contributed by atoms with Crippen LogP contribution in [0.3, 0.4) is 0 Å². The van der Waals surface area contributed by atoms with Crippen molar-refractivity contribution in [1.29, 1.82) is 0 Å². The van der Waals surface area contributed by atoms with Crippen LogP contribution in [0.1, 0.15) is 29.5 Å². The Morgan fingerprint density at radius 2 is 2.08 bits per heavy atom. The highest BCUT2D eigenvalue weighted by molar-refractivity contribution is 7.10. The van der Waals surface area contributed by atoms with Crippen LogP contribution in [0.5, 0.6) is 0 Å². The van der Waals surface area contributed by atoms with Gasteiger partial charge in [0.2, 0.25) is 5.91 Å². The molecule has 1 saturated heterocycles. The van der Waals surface area contributed by atoms with Gasteiger partial charge in [0.15, 0.2) is 5.58 Å². The summed E-state index contributed by atoms with van der Waals surface area (Å²) >= 11 is 1.76. The first-order valence-corrected chi connectivity index (χ1v) is 9.56. The number of aromatic nitrogens is 1. The number of likely N-dealkylation sites (tertiary alicyclic amines) is 1. The lowest BCUT2D eigenvalue weighted by atomic mass is 10.1. The number of fused-ring (bicyclic) bond motifs is 1. The highest BCUT2D eigenvalue weighted by Gasteiger charge is 2.24. The van der Waals surface area contributed by atoms with E-state index in [-0.39, 0.29) is 18.4 Å². The molecule has 0 spiro atoms. The van der Waals surface area contributed by atoms with Crippen LogP contribution in [0, 0.1) is 0 Å². The van der Waals surface area contributed by atoms with Gasteiger partial charge in [-0.3, -0.25) is 9.69 Å². The van der Waals surface area contributed by atoms with Gasteiger partial charge in [-0.2, -0.15) is 0 Å². The van der Waals surface area contributed by atoms with Crippen molar-refractivity contribution in [2.45, 2.75) is 25.3 Å². The standard InChI is InChI=1S/C19H21N3O2S/c23-19(12-15-14-6-1-2-7-17(14)24-21-15)20-13-16(18-8-5-11-25-18)22-9-3-4-10-22/h1-2,5-8,11,16H,3-4,9-10,12-13H2,(H,20,23)/t16-/m0/s1. The van der Waals surface area contributed by atoms with Gasteiger partial charge in [0.25, 0.3) is 0 Å². The molecule has 0 radical (unpaired) electrons. The highest BCUT2D eigenvalue weighted by atomic mass is 32.1. The van der Waals surface area contributed by atoms with Crippen LogP contribution in [0.4, 0.5) is 0 Å². The Labute approximate surface area is 150 Å². The van der Waals surface area contributed by atoms with Gasteiger partial charge in [-0.1, -0.05) is 23.4 Å². The lowest BCUT2D eigenvalue weighted by Gasteiger charge is -2.26. The number of nitrogens with one attached hydrogen (secondary N) is 1. The molecular formula is C19H21N3O2S. The number of hydrogen-bond acceptors (Lipinski definition) is 5. The van der Waals surface area contributed by atoms with Crippen LogP contribution in [0.25, 0.3) is 11.0 Å². The summed E-state index contributed by atoms with van der Waals surface area (Å²) in [7, 11) is 0. The number of nitrogens with zero attached hydrogens (tertiary/aromatic N) is 2. The molecule has 2 aromatic heterocycles. The summed E-state index contributed by atoms with van der Waals surface area (Å²) in [6.07, 6.45) is 2.72. The van der Waals surface area contributed by atoms with E-state index in [9.17, 15) is 4.79 Å². The Morgan fingerprint density at radius 1 is 1.24 bits per heavy atom. The van der Waals surface area contributed by atoms with E-state index in [1.54, 1.807) is 11.3 Å². The van der Waals surface area contributed by atoms with Crippen LogP contribution < -0.4 is 5.32 Å². The third kappa shape index (κ3) is 3.60. The summed E-state index contributed by atoms with van der Waals surface area (Å²) in [5, 5.41) is 10.1. The summed E-state index contributed by atoms with van der Waals surface area (Å²) in [5.74, 6) is -0.0141. The van der Waals surface area contributed by atoms with Gasteiger partial charge in [0.1, 0.15) is 5.69 Å². The second kappa shape index (κ2) is 7.37. The topological polar surface area (TPSA) is 58.4 Å². The van der Waals surface area contributed by atoms with E-state index in [0.29, 0.717) is 12.2 Å². The molecule has 0 aliphatic carbocycles. The predicted molar refractivity (Wildman–Crippen MR) is 98.6 cm³/mol. The molecule has 3 heterocycles. The minimum Gasteiger partial charge on any atom is -0.356 e. The van der Waals surface area contributed by atoms with Crippen LogP contribution in [0.15, 0.2) is 46.3 Å². The first-order valence-electron chi connectivity index (χ1n) is 8.69. The summed E-state index contributed by atoms with van der Waals surface area (Å²) in [4.78, 5) is 16.2. The lowest BCUT2D eigenvalue weighted by molar-refractivity contribution is -0.120. The van der Waals surface area contributed by atoms with E-state index >= 15 is 0 Å². The van der Waals surface area contributed by atoms with E-state index in [2.05, 4.69) is 32.9 Å². The maximum atomic E-state index is 12.4. The molecule has 1 aliphatic rings. The third-order valence-corrected chi connectivity index (χ3v) is 5.70. The van der Waals surface area contributed by atoms with Crippen molar-refractivity contribution in [2.75, 3.05) is 19.6 Å². The molecule has 25 heavy (non-hydrogen) atoms. The molecule has 1 amide bonds. The fourth-order valence-electron chi connectivity index (χ4n) is 3.43. The van der Waals surface area contributed by atoms with Crippen molar-refractivity contribution in [3.63, 3.8) is 0 Å². The summed E-state index contributed by atoms with van der Waals surface area (Å²) < 4.78 is 5.28. The molecule has 1 N–H and O–H groups in total. The fraction of sp³-hybridized carbons (Fsp3) is 0.368. The van der Waals surface area contributed by atoms with Gasteiger partial charge in [-0.15, -0.1) is 11.3 Å². The Morgan fingerprint density at radius 3 is 2.88 bits per heavy atom. The van der Waals surface area contributed by atoms with Crippen molar-refractivity contribution in [1.82, 2.24) is 15.4 Å². The number of amides is 1. The number of rotatable bonds is 6. The van der Waals surface area contributed by atoms with Crippen molar-refractivity contribution in [3.05, 3.63) is 52.3 Å². The first-order chi connectivity index (χ1) is 12.3. The van der Waals surface area contributed by atoms with Crippen LogP contribution in [0.2, 0.25) is 0 Å². The van der Waals surface area contributed by atoms with Gasteiger partial charge in [0.05, 0.1) is 12.5 Å².